The molecule has 0 heterocycles. The second kappa shape index (κ2) is 17.6. The summed E-state index contributed by atoms with van der Waals surface area (Å²) in [6.07, 6.45) is -1.30. The van der Waals surface area contributed by atoms with Crippen LogP contribution in [0.4, 0.5) is 0 Å². The zero-order valence-corrected chi connectivity index (χ0v) is 31.4. The van der Waals surface area contributed by atoms with Crippen LogP contribution in [-0.2, 0) is 19.5 Å². The number of hydrogen-bond donors (Lipinski definition) is 6. The second-order valence-corrected chi connectivity index (χ2v) is 18.0. The molecule has 0 radical (unpaired) electrons. The van der Waals surface area contributed by atoms with Gasteiger partial charge < -0.3 is 30.6 Å². The Morgan fingerprint density at radius 1 is 0.275 bits per heavy atom. The molecule has 0 saturated heterocycles. The molecule has 0 aliphatic heterocycles. The van der Waals surface area contributed by atoms with Crippen molar-refractivity contribution in [1.29, 1.82) is 0 Å². The third-order valence-electron chi connectivity index (χ3n) is 7.34. The quantitative estimate of drug-likeness (QED) is 0.179. The summed E-state index contributed by atoms with van der Waals surface area (Å²) in [5.41, 5.74) is -0.880. The van der Waals surface area contributed by atoms with Gasteiger partial charge in [0.25, 0.3) is 0 Å². The SMILES string of the molecule is CC(C)(C)C(O)CC(O)C(C)(C)C.CC(C)(C)C(O)CC(O)C(C)(C)C.CC(C)(C)C(O)CC(O)C(C)(C)C.[Ru]. The molecule has 0 amide bonds. The average Bonchev–Trinajstić information content (AvgIpc) is 2.64. The van der Waals surface area contributed by atoms with Gasteiger partial charge in [0.1, 0.15) is 0 Å². The van der Waals surface area contributed by atoms with Gasteiger partial charge in [-0.1, -0.05) is 125 Å². The first-order valence-electron chi connectivity index (χ1n) is 14.7. The van der Waals surface area contributed by atoms with Crippen molar-refractivity contribution in [2.45, 2.75) is 181 Å². The molecule has 0 aromatic rings. The fourth-order valence-corrected chi connectivity index (χ4v) is 2.76. The molecule has 0 saturated carbocycles. The molecule has 0 fully saturated rings. The number of hydrogen-bond acceptors (Lipinski definition) is 6. The minimum atomic E-state index is -0.443. The topological polar surface area (TPSA) is 121 Å². The molecule has 0 spiro atoms. The van der Waals surface area contributed by atoms with Crippen LogP contribution < -0.4 is 0 Å². The first-order chi connectivity index (χ1) is 16.6. The summed E-state index contributed by atoms with van der Waals surface area (Å²) >= 11 is 0. The minimum Gasteiger partial charge on any atom is -0.392 e. The van der Waals surface area contributed by atoms with Crippen molar-refractivity contribution in [2.75, 3.05) is 0 Å². The second-order valence-electron chi connectivity index (χ2n) is 18.0. The molecule has 0 aliphatic carbocycles. The molecule has 248 valence electrons. The van der Waals surface area contributed by atoms with Gasteiger partial charge in [0.2, 0.25) is 0 Å². The fourth-order valence-electron chi connectivity index (χ4n) is 2.76. The van der Waals surface area contributed by atoms with E-state index in [4.69, 9.17) is 0 Å². The summed E-state index contributed by atoms with van der Waals surface area (Å²) in [5.74, 6) is 0. The van der Waals surface area contributed by atoms with Gasteiger partial charge in [-0.05, 0) is 32.5 Å². The summed E-state index contributed by atoms with van der Waals surface area (Å²) in [5, 5.41) is 58.6. The van der Waals surface area contributed by atoms with Crippen LogP contribution in [-0.4, -0.2) is 67.3 Å². The zero-order valence-electron chi connectivity index (χ0n) is 29.6. The summed E-state index contributed by atoms with van der Waals surface area (Å²) < 4.78 is 0. The van der Waals surface area contributed by atoms with Crippen molar-refractivity contribution < 1.29 is 50.1 Å². The van der Waals surface area contributed by atoms with Crippen molar-refractivity contribution in [3.8, 4) is 0 Å². The van der Waals surface area contributed by atoms with Gasteiger partial charge in [0.05, 0.1) is 36.6 Å². The van der Waals surface area contributed by atoms with Gasteiger partial charge in [0, 0.05) is 38.7 Å². The molecule has 0 aliphatic rings. The third-order valence-corrected chi connectivity index (χ3v) is 7.34. The molecular formula is C33H72O6Ru. The van der Waals surface area contributed by atoms with E-state index in [2.05, 4.69) is 0 Å². The van der Waals surface area contributed by atoms with Gasteiger partial charge in [-0.3, -0.25) is 0 Å². The predicted molar refractivity (Wildman–Crippen MR) is 167 cm³/mol. The summed E-state index contributed by atoms with van der Waals surface area (Å²) in [7, 11) is 0. The van der Waals surface area contributed by atoms with Crippen LogP contribution in [0.5, 0.6) is 0 Å². The molecule has 6 atom stereocenters. The molecular weight excluding hydrogens is 593 g/mol. The van der Waals surface area contributed by atoms with Crippen molar-refractivity contribution in [3.05, 3.63) is 0 Å². The summed E-state index contributed by atoms with van der Waals surface area (Å²) in [6.45, 7) is 35.6. The molecule has 6 N–H and O–H groups in total. The number of aliphatic hydroxyl groups is 6. The van der Waals surface area contributed by atoms with Crippen molar-refractivity contribution in [1.82, 2.24) is 0 Å². The Kier molecular flexibility index (Phi) is 20.8. The maximum Gasteiger partial charge on any atom is 0.0613 e. The van der Waals surface area contributed by atoms with Crippen molar-refractivity contribution >= 4 is 0 Å². The zero-order chi connectivity index (χ0) is 32.6. The normalized spacial score (nSPS) is 18.0. The molecule has 0 aromatic heterocycles. The third kappa shape index (κ3) is 22.9. The van der Waals surface area contributed by atoms with Gasteiger partial charge in [0.15, 0.2) is 0 Å². The number of aliphatic hydroxyl groups excluding tert-OH is 6. The van der Waals surface area contributed by atoms with Crippen molar-refractivity contribution in [3.63, 3.8) is 0 Å². The first-order valence-corrected chi connectivity index (χ1v) is 14.7. The number of rotatable bonds is 6. The first kappa shape index (κ1) is 47.3. The Morgan fingerprint density at radius 3 is 0.400 bits per heavy atom. The van der Waals surface area contributed by atoms with Crippen LogP contribution in [0.15, 0.2) is 0 Å². The smallest absolute Gasteiger partial charge is 0.0613 e. The monoisotopic (exact) mass is 666 g/mol. The molecule has 0 rings (SSSR count). The average molecular weight is 666 g/mol. The molecule has 0 aromatic carbocycles. The standard InChI is InChI=1S/3C11H24O2.Ru/c3*1-10(2,3)8(12)7-9(13)11(4,5)6;/h3*8-9,12-13H,7H2,1-6H3;. The molecule has 40 heavy (non-hydrogen) atoms. The van der Waals surface area contributed by atoms with E-state index in [1.165, 1.54) is 0 Å². The molecule has 6 nitrogen and oxygen atoms in total. The Labute approximate surface area is 262 Å². The van der Waals surface area contributed by atoms with Gasteiger partial charge in [-0.25, -0.2) is 0 Å². The molecule has 6 unspecified atom stereocenters. The Morgan fingerprint density at radius 2 is 0.350 bits per heavy atom. The maximum absolute atomic E-state index is 9.76. The summed E-state index contributed by atoms with van der Waals surface area (Å²) in [6, 6.07) is 0. The Hall–Kier alpha value is 0.383. The molecule has 0 bridgehead atoms. The van der Waals surface area contributed by atoms with Crippen LogP contribution in [0, 0.1) is 32.5 Å². The van der Waals surface area contributed by atoms with E-state index < -0.39 is 36.6 Å². The van der Waals surface area contributed by atoms with Gasteiger partial charge in [-0.2, -0.15) is 0 Å². The largest absolute Gasteiger partial charge is 0.392 e. The Balaban J connectivity index is -0.000000240. The molecule has 7 heteroatoms. The minimum absolute atomic E-state index is 0. The van der Waals surface area contributed by atoms with E-state index in [9.17, 15) is 30.6 Å². The van der Waals surface area contributed by atoms with E-state index in [0.29, 0.717) is 19.3 Å². The predicted octanol–water partition coefficient (Wildman–Crippen LogP) is 6.57. The van der Waals surface area contributed by atoms with E-state index >= 15 is 0 Å². The fraction of sp³-hybridized carbons (Fsp3) is 1.00. The van der Waals surface area contributed by atoms with Crippen LogP contribution in [0.25, 0.3) is 0 Å². The van der Waals surface area contributed by atoms with Crippen LogP contribution in [0.1, 0.15) is 144 Å². The van der Waals surface area contributed by atoms with E-state index in [0.717, 1.165) is 0 Å². The van der Waals surface area contributed by atoms with Gasteiger partial charge >= 0.3 is 0 Å². The van der Waals surface area contributed by atoms with Crippen LogP contribution in [0.2, 0.25) is 0 Å². The van der Waals surface area contributed by atoms with E-state index in [1.807, 2.05) is 125 Å². The van der Waals surface area contributed by atoms with Crippen LogP contribution >= 0.6 is 0 Å². The van der Waals surface area contributed by atoms with Crippen LogP contribution in [0.3, 0.4) is 0 Å². The van der Waals surface area contributed by atoms with E-state index in [-0.39, 0.29) is 52.0 Å². The van der Waals surface area contributed by atoms with E-state index in [1.54, 1.807) is 0 Å². The van der Waals surface area contributed by atoms with Gasteiger partial charge in [-0.15, -0.1) is 0 Å². The Bertz CT molecular complexity index is 494. The summed E-state index contributed by atoms with van der Waals surface area (Å²) in [4.78, 5) is 0. The maximum atomic E-state index is 9.76. The van der Waals surface area contributed by atoms with Crippen molar-refractivity contribution in [2.24, 2.45) is 32.5 Å².